The maximum absolute atomic E-state index is 6.37. The molecule has 0 aliphatic carbocycles. The molecule has 1 nitrogen and oxygen atoms in total. The van der Waals surface area contributed by atoms with Crippen LogP contribution in [0.4, 0.5) is 0 Å². The van der Waals surface area contributed by atoms with Crippen LogP contribution in [0.3, 0.4) is 0 Å². The molecule has 2 aromatic carbocycles. The van der Waals surface area contributed by atoms with Crippen LogP contribution < -0.4 is 5.32 Å². The fraction of sp³-hybridized carbons (Fsp3) is 0.368. The Morgan fingerprint density at radius 1 is 0.952 bits per heavy atom. The Kier molecular flexibility index (Phi) is 5.84. The van der Waals surface area contributed by atoms with Gasteiger partial charge < -0.3 is 5.32 Å². The standard InChI is InChI=1S/C19H24ClN/c1-4-14(3)15-10-12-16(13-11-15)19(21-5-2)17-8-6-7-9-18(17)20/h6-14,19,21H,4-5H2,1-3H3. The van der Waals surface area contributed by atoms with E-state index in [0.717, 1.165) is 17.1 Å². The van der Waals surface area contributed by atoms with Gasteiger partial charge in [-0.05, 0) is 41.6 Å². The predicted octanol–water partition coefficient (Wildman–Crippen LogP) is 5.55. The molecular formula is C19H24ClN. The second-order valence-corrected chi connectivity index (χ2v) is 5.90. The number of hydrogen-bond donors (Lipinski definition) is 1. The normalized spacial score (nSPS) is 13.9. The van der Waals surface area contributed by atoms with Crippen molar-refractivity contribution >= 4 is 11.6 Å². The van der Waals surface area contributed by atoms with Crippen LogP contribution in [0, 0.1) is 0 Å². The topological polar surface area (TPSA) is 12.0 Å². The molecule has 0 spiro atoms. The molecule has 21 heavy (non-hydrogen) atoms. The Morgan fingerprint density at radius 2 is 1.57 bits per heavy atom. The molecule has 0 aliphatic heterocycles. The third kappa shape index (κ3) is 3.87. The number of halogens is 1. The van der Waals surface area contributed by atoms with E-state index in [1.807, 2.05) is 18.2 Å². The van der Waals surface area contributed by atoms with Crippen molar-refractivity contribution in [2.24, 2.45) is 0 Å². The van der Waals surface area contributed by atoms with E-state index in [-0.39, 0.29) is 6.04 Å². The molecule has 0 amide bonds. The zero-order valence-electron chi connectivity index (χ0n) is 13.1. The van der Waals surface area contributed by atoms with Crippen LogP contribution in [-0.4, -0.2) is 6.54 Å². The molecule has 0 aromatic heterocycles. The lowest BCUT2D eigenvalue weighted by atomic mass is 9.93. The summed E-state index contributed by atoms with van der Waals surface area (Å²) in [4.78, 5) is 0. The summed E-state index contributed by atoms with van der Waals surface area (Å²) in [6, 6.07) is 17.1. The minimum absolute atomic E-state index is 0.148. The second kappa shape index (κ2) is 7.63. The fourth-order valence-electron chi connectivity index (χ4n) is 2.57. The lowest BCUT2D eigenvalue weighted by Crippen LogP contribution is -2.22. The molecule has 0 fully saturated rings. The van der Waals surface area contributed by atoms with Crippen molar-refractivity contribution in [3.8, 4) is 0 Å². The van der Waals surface area contributed by atoms with Crippen molar-refractivity contribution in [1.82, 2.24) is 5.32 Å². The molecule has 2 aromatic rings. The number of benzene rings is 2. The van der Waals surface area contributed by atoms with Gasteiger partial charge in [0.15, 0.2) is 0 Å². The van der Waals surface area contributed by atoms with Gasteiger partial charge in [0.05, 0.1) is 6.04 Å². The van der Waals surface area contributed by atoms with Crippen LogP contribution in [0.5, 0.6) is 0 Å². The van der Waals surface area contributed by atoms with Gasteiger partial charge in [0.1, 0.15) is 0 Å². The van der Waals surface area contributed by atoms with Gasteiger partial charge in [-0.15, -0.1) is 0 Å². The van der Waals surface area contributed by atoms with E-state index in [1.54, 1.807) is 0 Å². The number of nitrogens with one attached hydrogen (secondary N) is 1. The van der Waals surface area contributed by atoms with Gasteiger partial charge in [0.2, 0.25) is 0 Å². The monoisotopic (exact) mass is 301 g/mol. The van der Waals surface area contributed by atoms with Gasteiger partial charge in [-0.1, -0.05) is 74.8 Å². The highest BCUT2D eigenvalue weighted by atomic mass is 35.5. The molecule has 2 atom stereocenters. The molecule has 0 radical (unpaired) electrons. The minimum Gasteiger partial charge on any atom is -0.306 e. The van der Waals surface area contributed by atoms with Crippen LogP contribution in [0.2, 0.25) is 5.02 Å². The van der Waals surface area contributed by atoms with E-state index in [9.17, 15) is 0 Å². The number of hydrogen-bond acceptors (Lipinski definition) is 1. The maximum Gasteiger partial charge on any atom is 0.0591 e. The Bertz CT molecular complexity index is 562. The van der Waals surface area contributed by atoms with E-state index < -0.39 is 0 Å². The smallest absolute Gasteiger partial charge is 0.0591 e. The van der Waals surface area contributed by atoms with Crippen molar-refractivity contribution in [2.75, 3.05) is 6.54 Å². The van der Waals surface area contributed by atoms with Gasteiger partial charge in [0.25, 0.3) is 0 Å². The summed E-state index contributed by atoms with van der Waals surface area (Å²) in [5.41, 5.74) is 3.80. The van der Waals surface area contributed by atoms with Gasteiger partial charge in [-0.25, -0.2) is 0 Å². The summed E-state index contributed by atoms with van der Waals surface area (Å²) in [5.74, 6) is 0.608. The summed E-state index contributed by atoms with van der Waals surface area (Å²) >= 11 is 6.37. The quantitative estimate of drug-likeness (QED) is 0.737. The molecule has 0 saturated carbocycles. The highest BCUT2D eigenvalue weighted by Gasteiger charge is 2.16. The first-order valence-corrected chi connectivity index (χ1v) is 8.12. The van der Waals surface area contributed by atoms with Crippen LogP contribution in [-0.2, 0) is 0 Å². The highest BCUT2D eigenvalue weighted by molar-refractivity contribution is 6.31. The van der Waals surface area contributed by atoms with E-state index in [2.05, 4.69) is 56.4 Å². The summed E-state index contributed by atoms with van der Waals surface area (Å²) < 4.78 is 0. The first-order valence-electron chi connectivity index (χ1n) is 7.75. The van der Waals surface area contributed by atoms with Crippen molar-refractivity contribution < 1.29 is 0 Å². The average Bonchev–Trinajstić information content (AvgIpc) is 2.53. The van der Waals surface area contributed by atoms with E-state index in [4.69, 9.17) is 11.6 Å². The van der Waals surface area contributed by atoms with Crippen molar-refractivity contribution in [3.05, 3.63) is 70.2 Å². The average molecular weight is 302 g/mol. The number of rotatable bonds is 6. The van der Waals surface area contributed by atoms with Crippen molar-refractivity contribution in [1.29, 1.82) is 0 Å². The van der Waals surface area contributed by atoms with Crippen LogP contribution in [0.1, 0.15) is 55.8 Å². The van der Waals surface area contributed by atoms with Crippen LogP contribution in [0.25, 0.3) is 0 Å². The molecule has 0 heterocycles. The molecule has 2 unspecified atom stereocenters. The fourth-order valence-corrected chi connectivity index (χ4v) is 2.82. The summed E-state index contributed by atoms with van der Waals surface area (Å²) in [7, 11) is 0. The lowest BCUT2D eigenvalue weighted by Gasteiger charge is -2.21. The highest BCUT2D eigenvalue weighted by Crippen LogP contribution is 2.29. The predicted molar refractivity (Wildman–Crippen MR) is 92.1 cm³/mol. The van der Waals surface area contributed by atoms with Gasteiger partial charge in [-0.3, -0.25) is 0 Å². The van der Waals surface area contributed by atoms with Gasteiger partial charge in [-0.2, -0.15) is 0 Å². The summed E-state index contributed by atoms with van der Waals surface area (Å²) in [6.07, 6.45) is 1.17. The third-order valence-electron chi connectivity index (χ3n) is 4.08. The molecule has 0 bridgehead atoms. The van der Waals surface area contributed by atoms with Gasteiger partial charge >= 0.3 is 0 Å². The van der Waals surface area contributed by atoms with Crippen molar-refractivity contribution in [3.63, 3.8) is 0 Å². The Morgan fingerprint density at radius 3 is 2.14 bits per heavy atom. The largest absolute Gasteiger partial charge is 0.306 e. The summed E-state index contributed by atoms with van der Waals surface area (Å²) in [5, 5.41) is 4.35. The van der Waals surface area contributed by atoms with E-state index in [0.29, 0.717) is 5.92 Å². The van der Waals surface area contributed by atoms with Crippen LogP contribution >= 0.6 is 11.6 Å². The Labute approximate surface area is 133 Å². The molecule has 1 N–H and O–H groups in total. The molecule has 0 saturated heterocycles. The Hall–Kier alpha value is -1.31. The molecule has 2 rings (SSSR count). The molecule has 2 heteroatoms. The van der Waals surface area contributed by atoms with Crippen molar-refractivity contribution in [2.45, 2.75) is 39.2 Å². The minimum atomic E-state index is 0.148. The first kappa shape index (κ1) is 16.1. The molecule has 0 aliphatic rings. The maximum atomic E-state index is 6.37. The Balaban J connectivity index is 2.33. The zero-order chi connectivity index (χ0) is 15.2. The van der Waals surface area contributed by atoms with Gasteiger partial charge in [0, 0.05) is 5.02 Å². The SMILES string of the molecule is CCNC(c1ccc(C(C)CC)cc1)c1ccccc1Cl. The molecule has 112 valence electrons. The first-order chi connectivity index (χ1) is 10.2. The second-order valence-electron chi connectivity index (χ2n) is 5.49. The van der Waals surface area contributed by atoms with Crippen LogP contribution in [0.15, 0.2) is 48.5 Å². The third-order valence-corrected chi connectivity index (χ3v) is 4.42. The summed E-state index contributed by atoms with van der Waals surface area (Å²) in [6.45, 7) is 7.52. The molecular weight excluding hydrogens is 278 g/mol. The zero-order valence-corrected chi connectivity index (χ0v) is 13.8. The van der Waals surface area contributed by atoms with E-state index >= 15 is 0 Å². The lowest BCUT2D eigenvalue weighted by molar-refractivity contribution is 0.630. The van der Waals surface area contributed by atoms with E-state index in [1.165, 1.54) is 17.5 Å².